The van der Waals surface area contributed by atoms with E-state index in [-0.39, 0.29) is 25.0 Å². The molecule has 5 heteroatoms. The van der Waals surface area contributed by atoms with Crippen molar-refractivity contribution in [2.45, 2.75) is 38.1 Å². The Morgan fingerprint density at radius 2 is 2.29 bits per heavy atom. The van der Waals surface area contributed by atoms with Gasteiger partial charge in [-0.25, -0.2) is 0 Å². The number of aromatic nitrogens is 1. The Labute approximate surface area is 123 Å². The van der Waals surface area contributed by atoms with Crippen LogP contribution in [0.5, 0.6) is 0 Å². The lowest BCUT2D eigenvalue weighted by atomic mass is 10.1. The number of para-hydroxylation sites is 1. The van der Waals surface area contributed by atoms with Gasteiger partial charge in [-0.3, -0.25) is 4.79 Å². The monoisotopic (exact) mass is 288 g/mol. The van der Waals surface area contributed by atoms with Gasteiger partial charge in [-0.1, -0.05) is 17.3 Å². The molecule has 112 valence electrons. The number of amides is 1. The zero-order valence-electron chi connectivity index (χ0n) is 12.0. The molecular formula is C16H20N2O3. The fourth-order valence-corrected chi connectivity index (χ4v) is 3.10. The maximum absolute atomic E-state index is 12.5. The van der Waals surface area contributed by atoms with Crippen molar-refractivity contribution in [3.05, 3.63) is 30.0 Å². The van der Waals surface area contributed by atoms with Crippen LogP contribution in [0, 0.1) is 0 Å². The van der Waals surface area contributed by atoms with Gasteiger partial charge < -0.3 is 14.5 Å². The number of benzene rings is 1. The summed E-state index contributed by atoms with van der Waals surface area (Å²) in [5, 5.41) is 13.9. The van der Waals surface area contributed by atoms with Crippen molar-refractivity contribution < 1.29 is 14.4 Å². The van der Waals surface area contributed by atoms with Crippen LogP contribution in [0.3, 0.4) is 0 Å². The Morgan fingerprint density at radius 1 is 1.43 bits per heavy atom. The summed E-state index contributed by atoms with van der Waals surface area (Å²) in [5.74, 6) is 0.106. The van der Waals surface area contributed by atoms with Crippen LogP contribution < -0.4 is 0 Å². The van der Waals surface area contributed by atoms with Gasteiger partial charge in [0.25, 0.3) is 0 Å². The molecule has 1 aromatic carbocycles. The molecule has 1 amide bonds. The molecule has 1 aliphatic heterocycles. The zero-order chi connectivity index (χ0) is 14.7. The molecule has 3 rings (SSSR count). The summed E-state index contributed by atoms with van der Waals surface area (Å²) in [6.45, 7) is 0.997. The van der Waals surface area contributed by atoms with Gasteiger partial charge in [-0.2, -0.15) is 0 Å². The Bertz CT molecular complexity index is 623. The molecule has 21 heavy (non-hydrogen) atoms. The zero-order valence-corrected chi connectivity index (χ0v) is 12.0. The van der Waals surface area contributed by atoms with Crippen LogP contribution in [0.2, 0.25) is 0 Å². The van der Waals surface area contributed by atoms with E-state index in [9.17, 15) is 4.79 Å². The SMILES string of the molecule is O=C(Cc1noc2ccccc12)N1CCCC1CCCO. The van der Waals surface area contributed by atoms with Gasteiger partial charge in [0.15, 0.2) is 5.58 Å². The summed E-state index contributed by atoms with van der Waals surface area (Å²) in [6.07, 6.45) is 3.99. The molecule has 1 unspecified atom stereocenters. The number of carbonyl (C=O) groups excluding carboxylic acids is 1. The molecule has 0 aliphatic carbocycles. The molecule has 1 saturated heterocycles. The van der Waals surface area contributed by atoms with Crippen molar-refractivity contribution in [3.8, 4) is 0 Å². The van der Waals surface area contributed by atoms with Crippen molar-refractivity contribution in [1.82, 2.24) is 10.1 Å². The van der Waals surface area contributed by atoms with Gasteiger partial charge in [0, 0.05) is 24.6 Å². The fourth-order valence-electron chi connectivity index (χ4n) is 3.10. The normalized spacial score (nSPS) is 18.5. The maximum atomic E-state index is 12.5. The minimum atomic E-state index is 0.106. The van der Waals surface area contributed by atoms with Crippen LogP contribution >= 0.6 is 0 Å². The van der Waals surface area contributed by atoms with Gasteiger partial charge in [-0.15, -0.1) is 0 Å². The highest BCUT2D eigenvalue weighted by atomic mass is 16.5. The topological polar surface area (TPSA) is 66.6 Å². The molecule has 1 atom stereocenters. The molecule has 5 nitrogen and oxygen atoms in total. The third-order valence-electron chi connectivity index (χ3n) is 4.16. The second kappa shape index (κ2) is 6.26. The third kappa shape index (κ3) is 2.93. The van der Waals surface area contributed by atoms with E-state index in [1.807, 2.05) is 29.2 Å². The van der Waals surface area contributed by atoms with E-state index in [4.69, 9.17) is 9.63 Å². The first kappa shape index (κ1) is 14.1. The van der Waals surface area contributed by atoms with E-state index in [1.54, 1.807) is 0 Å². The van der Waals surface area contributed by atoms with Crippen LogP contribution in [-0.4, -0.2) is 40.3 Å². The minimum absolute atomic E-state index is 0.106. The predicted molar refractivity (Wildman–Crippen MR) is 78.8 cm³/mol. The summed E-state index contributed by atoms with van der Waals surface area (Å²) in [5.41, 5.74) is 1.43. The number of aliphatic hydroxyl groups is 1. The molecule has 0 saturated carbocycles. The summed E-state index contributed by atoms with van der Waals surface area (Å²) >= 11 is 0. The van der Waals surface area contributed by atoms with E-state index < -0.39 is 0 Å². The number of hydrogen-bond acceptors (Lipinski definition) is 4. The lowest BCUT2D eigenvalue weighted by molar-refractivity contribution is -0.131. The number of hydrogen-bond donors (Lipinski definition) is 1. The Morgan fingerprint density at radius 3 is 3.14 bits per heavy atom. The van der Waals surface area contributed by atoms with Gasteiger partial charge >= 0.3 is 0 Å². The van der Waals surface area contributed by atoms with Crippen LogP contribution in [0.25, 0.3) is 11.0 Å². The number of rotatable bonds is 5. The van der Waals surface area contributed by atoms with E-state index in [0.717, 1.165) is 43.2 Å². The summed E-state index contributed by atoms with van der Waals surface area (Å²) in [4.78, 5) is 14.5. The highest BCUT2D eigenvalue weighted by Crippen LogP contribution is 2.24. The van der Waals surface area contributed by atoms with Crippen LogP contribution in [0.1, 0.15) is 31.4 Å². The molecule has 1 aliphatic rings. The highest BCUT2D eigenvalue weighted by Gasteiger charge is 2.28. The van der Waals surface area contributed by atoms with Crippen molar-refractivity contribution >= 4 is 16.9 Å². The van der Waals surface area contributed by atoms with E-state index >= 15 is 0 Å². The summed E-state index contributed by atoms with van der Waals surface area (Å²) in [6, 6.07) is 7.87. The van der Waals surface area contributed by atoms with Gasteiger partial charge in [-0.05, 0) is 37.8 Å². The first-order valence-electron chi connectivity index (χ1n) is 7.53. The van der Waals surface area contributed by atoms with E-state index in [2.05, 4.69) is 5.16 Å². The van der Waals surface area contributed by atoms with Crippen LogP contribution in [-0.2, 0) is 11.2 Å². The number of likely N-dealkylation sites (tertiary alicyclic amines) is 1. The second-order valence-electron chi connectivity index (χ2n) is 5.55. The lowest BCUT2D eigenvalue weighted by Gasteiger charge is -2.24. The summed E-state index contributed by atoms with van der Waals surface area (Å²) in [7, 11) is 0. The molecule has 1 fully saturated rings. The number of aliphatic hydroxyl groups excluding tert-OH is 1. The highest BCUT2D eigenvalue weighted by molar-refractivity contribution is 5.86. The first-order chi connectivity index (χ1) is 10.3. The minimum Gasteiger partial charge on any atom is -0.396 e. The van der Waals surface area contributed by atoms with Crippen LogP contribution in [0.15, 0.2) is 28.8 Å². The average molecular weight is 288 g/mol. The largest absolute Gasteiger partial charge is 0.396 e. The Hall–Kier alpha value is -1.88. The van der Waals surface area contributed by atoms with Gasteiger partial charge in [0.2, 0.25) is 5.91 Å². The molecule has 2 aromatic rings. The third-order valence-corrected chi connectivity index (χ3v) is 4.16. The van der Waals surface area contributed by atoms with Crippen molar-refractivity contribution in [3.63, 3.8) is 0 Å². The van der Waals surface area contributed by atoms with Gasteiger partial charge in [0.05, 0.1) is 6.42 Å². The van der Waals surface area contributed by atoms with Crippen molar-refractivity contribution in [2.24, 2.45) is 0 Å². The second-order valence-corrected chi connectivity index (χ2v) is 5.55. The summed E-state index contributed by atoms with van der Waals surface area (Å²) < 4.78 is 5.25. The van der Waals surface area contributed by atoms with Crippen molar-refractivity contribution in [1.29, 1.82) is 0 Å². The molecule has 1 N–H and O–H groups in total. The smallest absolute Gasteiger partial charge is 0.228 e. The lowest BCUT2D eigenvalue weighted by Crippen LogP contribution is -2.36. The molecule has 0 radical (unpaired) electrons. The van der Waals surface area contributed by atoms with E-state index in [1.165, 1.54) is 0 Å². The predicted octanol–water partition coefficient (Wildman–Crippen LogP) is 2.13. The number of nitrogens with zero attached hydrogens (tertiary/aromatic N) is 2. The maximum Gasteiger partial charge on any atom is 0.228 e. The fraction of sp³-hybridized carbons (Fsp3) is 0.500. The molecule has 2 heterocycles. The van der Waals surface area contributed by atoms with Crippen LogP contribution in [0.4, 0.5) is 0 Å². The Balaban J connectivity index is 1.71. The molecule has 1 aromatic heterocycles. The van der Waals surface area contributed by atoms with E-state index in [0.29, 0.717) is 5.69 Å². The number of carbonyl (C=O) groups is 1. The molecule has 0 spiro atoms. The first-order valence-corrected chi connectivity index (χ1v) is 7.53. The quantitative estimate of drug-likeness (QED) is 0.915. The average Bonchev–Trinajstić information content (AvgIpc) is 3.12. The molecular weight excluding hydrogens is 268 g/mol. The molecule has 0 bridgehead atoms. The number of fused-ring (bicyclic) bond motifs is 1. The standard InChI is InChI=1S/C16H20N2O3/c19-10-4-6-12-5-3-9-18(12)16(20)11-14-13-7-1-2-8-15(13)21-17-14/h1-2,7-8,12,19H,3-6,9-11H2. The Kier molecular flexibility index (Phi) is 4.20. The van der Waals surface area contributed by atoms with Gasteiger partial charge in [0.1, 0.15) is 5.69 Å². The van der Waals surface area contributed by atoms with Crippen molar-refractivity contribution in [2.75, 3.05) is 13.2 Å².